The van der Waals surface area contributed by atoms with E-state index in [1.807, 2.05) is 0 Å². The summed E-state index contributed by atoms with van der Waals surface area (Å²) >= 11 is 0. The molecule has 2 rings (SSSR count). The van der Waals surface area contributed by atoms with Gasteiger partial charge in [-0.15, -0.1) is 0 Å². The molecule has 0 spiro atoms. The van der Waals surface area contributed by atoms with Gasteiger partial charge in [-0.1, -0.05) is 0 Å². The van der Waals surface area contributed by atoms with Crippen molar-refractivity contribution in [2.75, 3.05) is 7.11 Å². The summed E-state index contributed by atoms with van der Waals surface area (Å²) in [5.41, 5.74) is 0.103. The van der Waals surface area contributed by atoms with Gasteiger partial charge in [-0.2, -0.15) is 4.39 Å². The summed E-state index contributed by atoms with van der Waals surface area (Å²) in [7, 11) is 1.29. The first-order valence-electron chi connectivity index (χ1n) is 4.24. The highest BCUT2D eigenvalue weighted by atomic mass is 19.2. The molecule has 0 aliphatic heterocycles. The number of methoxy groups -OCH3 is 1. The van der Waals surface area contributed by atoms with Crippen LogP contribution in [0.1, 0.15) is 0 Å². The zero-order valence-corrected chi connectivity index (χ0v) is 7.95. The third kappa shape index (κ3) is 1.56. The number of halogens is 2. The molecule has 0 aliphatic carbocycles. The van der Waals surface area contributed by atoms with E-state index in [9.17, 15) is 8.78 Å². The van der Waals surface area contributed by atoms with Gasteiger partial charge < -0.3 is 9.30 Å². The number of rotatable bonds is 2. The van der Waals surface area contributed by atoms with E-state index in [2.05, 4.69) is 9.72 Å². The molecule has 1 aromatic heterocycles. The fourth-order valence-electron chi connectivity index (χ4n) is 1.28. The van der Waals surface area contributed by atoms with E-state index in [4.69, 9.17) is 0 Å². The topological polar surface area (TPSA) is 27.1 Å². The maximum absolute atomic E-state index is 13.5. The molecule has 0 amide bonds. The predicted molar refractivity (Wildman–Crippen MR) is 50.0 cm³/mol. The van der Waals surface area contributed by atoms with Crippen LogP contribution in [-0.2, 0) is 0 Å². The van der Waals surface area contributed by atoms with Crippen molar-refractivity contribution < 1.29 is 13.5 Å². The van der Waals surface area contributed by atoms with Crippen LogP contribution in [0.3, 0.4) is 0 Å². The van der Waals surface area contributed by atoms with Crippen LogP contribution in [0.25, 0.3) is 5.69 Å². The van der Waals surface area contributed by atoms with Gasteiger partial charge in [-0.05, 0) is 12.1 Å². The van der Waals surface area contributed by atoms with Crippen molar-refractivity contribution >= 4 is 0 Å². The molecule has 0 unspecified atom stereocenters. The first-order chi connectivity index (χ1) is 7.24. The third-order valence-corrected chi connectivity index (χ3v) is 2.03. The molecule has 15 heavy (non-hydrogen) atoms. The molecular formula is C10H8F2N2O. The summed E-state index contributed by atoms with van der Waals surface area (Å²) in [4.78, 5) is 3.75. The zero-order valence-electron chi connectivity index (χ0n) is 7.95. The summed E-state index contributed by atoms with van der Waals surface area (Å²) in [6.45, 7) is 0. The van der Waals surface area contributed by atoms with Crippen molar-refractivity contribution in [1.82, 2.24) is 9.55 Å². The van der Waals surface area contributed by atoms with E-state index in [0.717, 1.165) is 0 Å². The average Bonchev–Trinajstić information content (AvgIpc) is 2.75. The summed E-state index contributed by atoms with van der Waals surface area (Å²) < 4.78 is 32.9. The lowest BCUT2D eigenvalue weighted by atomic mass is 10.2. The lowest BCUT2D eigenvalue weighted by Gasteiger charge is -2.07. The van der Waals surface area contributed by atoms with Gasteiger partial charge in [0.1, 0.15) is 0 Å². The highest BCUT2D eigenvalue weighted by Crippen LogP contribution is 2.24. The second-order valence-corrected chi connectivity index (χ2v) is 2.88. The van der Waals surface area contributed by atoms with Gasteiger partial charge in [-0.3, -0.25) is 0 Å². The molecule has 0 atom stereocenters. The number of imidazole rings is 1. The summed E-state index contributed by atoms with van der Waals surface area (Å²) in [6, 6.07) is 2.80. The first kappa shape index (κ1) is 9.64. The van der Waals surface area contributed by atoms with E-state index in [1.165, 1.54) is 42.5 Å². The Bertz CT molecular complexity index is 469. The van der Waals surface area contributed by atoms with Gasteiger partial charge >= 0.3 is 0 Å². The van der Waals surface area contributed by atoms with Crippen molar-refractivity contribution in [1.29, 1.82) is 0 Å². The highest BCUT2D eigenvalue weighted by molar-refractivity contribution is 5.40. The van der Waals surface area contributed by atoms with Gasteiger partial charge in [0.2, 0.25) is 5.82 Å². The zero-order chi connectivity index (χ0) is 10.8. The Hall–Kier alpha value is -1.91. The van der Waals surface area contributed by atoms with Crippen LogP contribution in [0.15, 0.2) is 30.9 Å². The lowest BCUT2D eigenvalue weighted by Crippen LogP contribution is -1.99. The van der Waals surface area contributed by atoms with E-state index in [-0.39, 0.29) is 11.4 Å². The smallest absolute Gasteiger partial charge is 0.202 e. The van der Waals surface area contributed by atoms with Crippen molar-refractivity contribution in [3.8, 4) is 11.4 Å². The largest absolute Gasteiger partial charge is 0.494 e. The molecular weight excluding hydrogens is 202 g/mol. The fourth-order valence-corrected chi connectivity index (χ4v) is 1.28. The summed E-state index contributed by atoms with van der Waals surface area (Å²) in [5.74, 6) is -2.06. The first-order valence-corrected chi connectivity index (χ1v) is 4.24. The Morgan fingerprint density at radius 1 is 1.27 bits per heavy atom. The van der Waals surface area contributed by atoms with Crippen LogP contribution in [0.2, 0.25) is 0 Å². The van der Waals surface area contributed by atoms with Crippen molar-refractivity contribution in [3.05, 3.63) is 42.5 Å². The normalized spacial score (nSPS) is 10.3. The third-order valence-electron chi connectivity index (χ3n) is 2.03. The minimum atomic E-state index is -0.997. The number of hydrogen-bond acceptors (Lipinski definition) is 2. The Morgan fingerprint density at radius 2 is 2.07 bits per heavy atom. The number of aromatic nitrogens is 2. The molecule has 3 nitrogen and oxygen atoms in total. The number of nitrogens with zero attached hydrogens (tertiary/aromatic N) is 2. The Kier molecular flexibility index (Phi) is 2.37. The highest BCUT2D eigenvalue weighted by Gasteiger charge is 2.14. The molecule has 0 saturated carbocycles. The lowest BCUT2D eigenvalue weighted by molar-refractivity contribution is 0.371. The van der Waals surface area contributed by atoms with Gasteiger partial charge in [0.05, 0.1) is 19.1 Å². The molecule has 0 fully saturated rings. The van der Waals surface area contributed by atoms with Crippen LogP contribution >= 0.6 is 0 Å². The molecule has 0 aliphatic rings. The second kappa shape index (κ2) is 3.68. The Morgan fingerprint density at radius 3 is 2.67 bits per heavy atom. The number of ether oxygens (including phenoxy) is 1. The quantitative estimate of drug-likeness (QED) is 0.759. The standard InChI is InChI=1S/C10H8F2N2O/c1-15-8-3-2-7(9(11)10(8)12)14-5-4-13-6-14/h2-6H,1H3. The molecule has 0 radical (unpaired) electrons. The van der Waals surface area contributed by atoms with Gasteiger partial charge in [0.15, 0.2) is 11.6 Å². The van der Waals surface area contributed by atoms with Gasteiger partial charge in [0, 0.05) is 12.4 Å². The number of benzene rings is 1. The minimum absolute atomic E-state index is 0.103. The second-order valence-electron chi connectivity index (χ2n) is 2.88. The molecule has 1 heterocycles. The molecule has 0 N–H and O–H groups in total. The Balaban J connectivity index is 2.56. The van der Waals surface area contributed by atoms with Crippen molar-refractivity contribution in [3.63, 3.8) is 0 Å². The van der Waals surface area contributed by atoms with Crippen LogP contribution in [-0.4, -0.2) is 16.7 Å². The molecule has 0 bridgehead atoms. The van der Waals surface area contributed by atoms with E-state index in [0.29, 0.717) is 0 Å². The number of hydrogen-bond donors (Lipinski definition) is 0. The van der Waals surface area contributed by atoms with E-state index < -0.39 is 11.6 Å². The maximum Gasteiger partial charge on any atom is 0.202 e. The summed E-state index contributed by atoms with van der Waals surface area (Å²) in [5, 5.41) is 0. The van der Waals surface area contributed by atoms with Crippen molar-refractivity contribution in [2.45, 2.75) is 0 Å². The summed E-state index contributed by atoms with van der Waals surface area (Å²) in [6.07, 6.45) is 4.41. The molecule has 0 saturated heterocycles. The fraction of sp³-hybridized carbons (Fsp3) is 0.100. The molecule has 5 heteroatoms. The van der Waals surface area contributed by atoms with E-state index >= 15 is 0 Å². The van der Waals surface area contributed by atoms with Gasteiger partial charge in [-0.25, -0.2) is 9.37 Å². The Labute approximate surface area is 84.9 Å². The molecule has 1 aromatic carbocycles. The SMILES string of the molecule is COc1ccc(-n2ccnc2)c(F)c1F. The van der Waals surface area contributed by atoms with Crippen LogP contribution in [0.5, 0.6) is 5.75 Å². The van der Waals surface area contributed by atoms with E-state index in [1.54, 1.807) is 0 Å². The maximum atomic E-state index is 13.5. The van der Waals surface area contributed by atoms with Crippen LogP contribution in [0, 0.1) is 11.6 Å². The van der Waals surface area contributed by atoms with Crippen LogP contribution in [0.4, 0.5) is 8.78 Å². The average molecular weight is 210 g/mol. The van der Waals surface area contributed by atoms with Crippen LogP contribution < -0.4 is 4.74 Å². The molecule has 78 valence electrons. The monoisotopic (exact) mass is 210 g/mol. The predicted octanol–water partition coefficient (Wildman–Crippen LogP) is 2.16. The molecule has 2 aromatic rings. The van der Waals surface area contributed by atoms with Gasteiger partial charge in [0.25, 0.3) is 0 Å². The minimum Gasteiger partial charge on any atom is -0.494 e. The van der Waals surface area contributed by atoms with Crippen molar-refractivity contribution in [2.24, 2.45) is 0 Å².